The van der Waals surface area contributed by atoms with E-state index in [9.17, 15) is 4.79 Å². The van der Waals surface area contributed by atoms with Crippen molar-refractivity contribution in [3.63, 3.8) is 0 Å². The summed E-state index contributed by atoms with van der Waals surface area (Å²) < 4.78 is 7.20. The second-order valence-electron chi connectivity index (χ2n) is 6.96. The fourth-order valence-electron chi connectivity index (χ4n) is 3.62. The van der Waals surface area contributed by atoms with E-state index in [1.807, 2.05) is 25.1 Å². The number of piperidine rings is 1. The molecular formula is C20H22ClN5O2. The van der Waals surface area contributed by atoms with Gasteiger partial charge in [0.05, 0.1) is 12.1 Å². The molecule has 3 heterocycles. The van der Waals surface area contributed by atoms with Crippen LogP contribution < -0.4 is 15.0 Å². The standard InChI is InChI=1S/C20H22ClN5O2/c1-13-4-3-5-18-23-24-20(26(13)18)25-10-8-14(9-11-25)19(27)22-15-6-7-17(28-2)16(21)12-15/h3-7,12,14H,8-11H2,1-2H3,(H,22,27). The third-order valence-corrected chi connectivity index (χ3v) is 5.47. The molecule has 1 saturated heterocycles. The van der Waals surface area contributed by atoms with E-state index in [1.54, 1.807) is 25.3 Å². The first-order chi connectivity index (χ1) is 13.6. The summed E-state index contributed by atoms with van der Waals surface area (Å²) in [6, 6.07) is 11.2. The van der Waals surface area contributed by atoms with Gasteiger partial charge in [0.2, 0.25) is 11.9 Å². The Morgan fingerprint density at radius 3 is 2.71 bits per heavy atom. The lowest BCUT2D eigenvalue weighted by Crippen LogP contribution is -2.39. The molecule has 0 bridgehead atoms. The van der Waals surface area contributed by atoms with Crippen LogP contribution in [0.4, 0.5) is 11.6 Å². The summed E-state index contributed by atoms with van der Waals surface area (Å²) >= 11 is 6.14. The van der Waals surface area contributed by atoms with E-state index in [0.717, 1.165) is 43.2 Å². The minimum absolute atomic E-state index is 0.0168. The second-order valence-corrected chi connectivity index (χ2v) is 7.37. The number of ether oxygens (including phenoxy) is 1. The maximum Gasteiger partial charge on any atom is 0.231 e. The number of methoxy groups -OCH3 is 1. The number of nitrogens with one attached hydrogen (secondary N) is 1. The Morgan fingerprint density at radius 1 is 1.21 bits per heavy atom. The van der Waals surface area contributed by atoms with Crippen molar-refractivity contribution in [3.05, 3.63) is 47.1 Å². The second kappa shape index (κ2) is 7.67. The molecule has 0 unspecified atom stereocenters. The van der Waals surface area contributed by atoms with Gasteiger partial charge < -0.3 is 15.0 Å². The van der Waals surface area contributed by atoms with Crippen molar-refractivity contribution in [2.75, 3.05) is 30.4 Å². The highest BCUT2D eigenvalue weighted by molar-refractivity contribution is 6.32. The summed E-state index contributed by atoms with van der Waals surface area (Å²) in [7, 11) is 1.56. The zero-order valence-corrected chi connectivity index (χ0v) is 16.6. The van der Waals surface area contributed by atoms with Crippen molar-refractivity contribution in [2.24, 2.45) is 5.92 Å². The van der Waals surface area contributed by atoms with Crippen LogP contribution in [0.1, 0.15) is 18.5 Å². The first-order valence-electron chi connectivity index (χ1n) is 9.27. The van der Waals surface area contributed by atoms with Crippen molar-refractivity contribution in [1.29, 1.82) is 0 Å². The number of aryl methyl sites for hydroxylation is 1. The molecule has 0 spiro atoms. The molecule has 1 aliphatic heterocycles. The summed E-state index contributed by atoms with van der Waals surface area (Å²) in [4.78, 5) is 14.9. The van der Waals surface area contributed by atoms with Crippen LogP contribution in [0.15, 0.2) is 36.4 Å². The Morgan fingerprint density at radius 2 is 2.00 bits per heavy atom. The number of carbonyl (C=O) groups is 1. The smallest absolute Gasteiger partial charge is 0.231 e. The van der Waals surface area contributed by atoms with E-state index < -0.39 is 0 Å². The predicted molar refractivity (Wildman–Crippen MR) is 109 cm³/mol. The molecule has 0 saturated carbocycles. The van der Waals surface area contributed by atoms with Gasteiger partial charge in [0.1, 0.15) is 5.75 Å². The maximum atomic E-state index is 12.7. The van der Waals surface area contributed by atoms with Gasteiger partial charge in [-0.25, -0.2) is 0 Å². The molecule has 7 nitrogen and oxygen atoms in total. The molecule has 0 radical (unpaired) electrons. The van der Waals surface area contributed by atoms with Gasteiger partial charge in [0.15, 0.2) is 5.65 Å². The molecule has 1 fully saturated rings. The largest absolute Gasteiger partial charge is 0.495 e. The van der Waals surface area contributed by atoms with Crippen LogP contribution in [0, 0.1) is 12.8 Å². The normalized spacial score (nSPS) is 15.0. The third kappa shape index (κ3) is 3.49. The number of anilines is 2. The van der Waals surface area contributed by atoms with Gasteiger partial charge in [0.25, 0.3) is 0 Å². The zero-order chi connectivity index (χ0) is 19.7. The van der Waals surface area contributed by atoms with Crippen LogP contribution in [0.2, 0.25) is 5.02 Å². The number of fused-ring (bicyclic) bond motifs is 1. The number of hydrogen-bond donors (Lipinski definition) is 1. The summed E-state index contributed by atoms with van der Waals surface area (Å²) in [6.07, 6.45) is 1.52. The number of carbonyl (C=O) groups excluding carboxylic acids is 1. The number of pyridine rings is 1. The fraction of sp³-hybridized carbons (Fsp3) is 0.350. The lowest BCUT2D eigenvalue weighted by atomic mass is 9.96. The number of nitrogens with zero attached hydrogens (tertiary/aromatic N) is 4. The van der Waals surface area contributed by atoms with Crippen LogP contribution in [0.25, 0.3) is 5.65 Å². The number of rotatable bonds is 4. The monoisotopic (exact) mass is 399 g/mol. The van der Waals surface area contributed by atoms with Gasteiger partial charge in [0, 0.05) is 30.4 Å². The summed E-state index contributed by atoms with van der Waals surface area (Å²) in [6.45, 7) is 3.56. The van der Waals surface area contributed by atoms with Gasteiger partial charge >= 0.3 is 0 Å². The lowest BCUT2D eigenvalue weighted by Gasteiger charge is -2.31. The highest BCUT2D eigenvalue weighted by atomic mass is 35.5. The van der Waals surface area contributed by atoms with E-state index in [2.05, 4.69) is 24.8 Å². The molecule has 1 amide bonds. The number of amides is 1. The first kappa shape index (κ1) is 18.6. The Hall–Kier alpha value is -2.80. The van der Waals surface area contributed by atoms with Crippen LogP contribution in [-0.2, 0) is 4.79 Å². The van der Waals surface area contributed by atoms with Gasteiger partial charge in [-0.3, -0.25) is 9.20 Å². The zero-order valence-electron chi connectivity index (χ0n) is 15.9. The van der Waals surface area contributed by atoms with Gasteiger partial charge in [-0.2, -0.15) is 0 Å². The summed E-state index contributed by atoms with van der Waals surface area (Å²) in [5.74, 6) is 1.40. The lowest BCUT2D eigenvalue weighted by molar-refractivity contribution is -0.120. The quantitative estimate of drug-likeness (QED) is 0.726. The van der Waals surface area contributed by atoms with Crippen molar-refractivity contribution in [3.8, 4) is 5.75 Å². The van der Waals surface area contributed by atoms with E-state index in [0.29, 0.717) is 16.5 Å². The van der Waals surface area contributed by atoms with E-state index in [4.69, 9.17) is 16.3 Å². The number of aromatic nitrogens is 3. The van der Waals surface area contributed by atoms with Gasteiger partial charge in [-0.1, -0.05) is 17.7 Å². The first-order valence-corrected chi connectivity index (χ1v) is 9.64. The van der Waals surface area contributed by atoms with E-state index >= 15 is 0 Å². The Balaban J connectivity index is 1.41. The molecule has 4 rings (SSSR count). The van der Waals surface area contributed by atoms with Crippen molar-refractivity contribution in [1.82, 2.24) is 14.6 Å². The highest BCUT2D eigenvalue weighted by Crippen LogP contribution is 2.29. The minimum atomic E-state index is -0.0441. The third-order valence-electron chi connectivity index (χ3n) is 5.17. The Bertz CT molecular complexity index is 1010. The van der Waals surface area contributed by atoms with E-state index in [1.165, 1.54) is 0 Å². The van der Waals surface area contributed by atoms with Crippen molar-refractivity contribution >= 4 is 34.8 Å². The SMILES string of the molecule is COc1ccc(NC(=O)C2CCN(c3nnc4cccc(C)n34)CC2)cc1Cl. The topological polar surface area (TPSA) is 71.8 Å². The molecule has 0 atom stereocenters. The van der Waals surface area contributed by atoms with Crippen LogP contribution in [-0.4, -0.2) is 40.7 Å². The summed E-state index contributed by atoms with van der Waals surface area (Å²) in [5, 5.41) is 12.0. The highest BCUT2D eigenvalue weighted by Gasteiger charge is 2.27. The molecule has 2 aromatic heterocycles. The minimum Gasteiger partial charge on any atom is -0.495 e. The summed E-state index contributed by atoms with van der Waals surface area (Å²) in [5.41, 5.74) is 2.61. The predicted octanol–water partition coefficient (Wildman–Crippen LogP) is 3.55. The molecule has 1 aliphatic rings. The molecule has 0 aliphatic carbocycles. The molecule has 28 heavy (non-hydrogen) atoms. The molecule has 1 aromatic carbocycles. The van der Waals surface area contributed by atoms with Crippen LogP contribution >= 0.6 is 11.6 Å². The molecule has 8 heteroatoms. The van der Waals surface area contributed by atoms with E-state index in [-0.39, 0.29) is 11.8 Å². The van der Waals surface area contributed by atoms with Gasteiger partial charge in [-0.15, -0.1) is 10.2 Å². The number of hydrogen-bond acceptors (Lipinski definition) is 5. The molecule has 3 aromatic rings. The van der Waals surface area contributed by atoms with Crippen LogP contribution in [0.3, 0.4) is 0 Å². The molecule has 1 N–H and O–H groups in total. The van der Waals surface area contributed by atoms with Gasteiger partial charge in [-0.05, 0) is 50.1 Å². The fourth-order valence-corrected chi connectivity index (χ4v) is 3.87. The van der Waals surface area contributed by atoms with Crippen molar-refractivity contribution < 1.29 is 9.53 Å². The van der Waals surface area contributed by atoms with Crippen molar-refractivity contribution in [2.45, 2.75) is 19.8 Å². The molecule has 146 valence electrons. The Kier molecular flexibility index (Phi) is 5.09. The maximum absolute atomic E-state index is 12.7. The Labute approximate surface area is 168 Å². The molecular weight excluding hydrogens is 378 g/mol. The van der Waals surface area contributed by atoms with Crippen LogP contribution in [0.5, 0.6) is 5.75 Å². The number of benzene rings is 1. The average Bonchev–Trinajstić information content (AvgIpc) is 3.14. The average molecular weight is 400 g/mol. The number of halogens is 1.